The minimum atomic E-state index is -0.580. The van der Waals surface area contributed by atoms with Crippen molar-refractivity contribution in [2.45, 2.75) is 20.8 Å². The number of hydrogen-bond donors (Lipinski definition) is 0. The van der Waals surface area contributed by atoms with Crippen molar-refractivity contribution < 1.29 is 14.4 Å². The predicted molar refractivity (Wildman–Crippen MR) is 89.0 cm³/mol. The van der Waals surface area contributed by atoms with Gasteiger partial charge in [0.2, 0.25) is 0 Å². The summed E-state index contributed by atoms with van der Waals surface area (Å²) in [6.45, 7) is 5.27. The maximum Gasteiger partial charge on any atom is 0.372 e. The van der Waals surface area contributed by atoms with Crippen molar-refractivity contribution in [2.75, 3.05) is 6.61 Å². The van der Waals surface area contributed by atoms with Crippen LogP contribution in [0.1, 0.15) is 23.6 Å². The van der Waals surface area contributed by atoms with E-state index in [0.717, 1.165) is 16.7 Å². The van der Waals surface area contributed by atoms with E-state index in [1.54, 1.807) is 43.6 Å². The van der Waals surface area contributed by atoms with Gasteiger partial charge in [-0.2, -0.15) is 0 Å². The molecule has 1 aromatic heterocycles. The van der Waals surface area contributed by atoms with E-state index in [0.29, 0.717) is 16.5 Å². The van der Waals surface area contributed by atoms with Gasteiger partial charge in [0.05, 0.1) is 5.71 Å². The third-order valence-electron chi connectivity index (χ3n) is 3.15. The van der Waals surface area contributed by atoms with Gasteiger partial charge >= 0.3 is 5.97 Å². The number of benzene rings is 1. The van der Waals surface area contributed by atoms with Crippen molar-refractivity contribution >= 4 is 23.3 Å². The molecule has 0 N–H and O–H groups in total. The molecule has 0 fully saturated rings. The summed E-state index contributed by atoms with van der Waals surface area (Å²) in [5, 5.41) is 4.49. The summed E-state index contributed by atoms with van der Waals surface area (Å²) in [7, 11) is 0. The van der Waals surface area contributed by atoms with Gasteiger partial charge in [0.25, 0.3) is 0 Å². The van der Waals surface area contributed by atoms with Crippen LogP contribution in [0.25, 0.3) is 0 Å². The quantitative estimate of drug-likeness (QED) is 0.476. The third-order valence-corrected chi connectivity index (χ3v) is 3.75. The van der Waals surface area contributed by atoms with Crippen molar-refractivity contribution in [3.63, 3.8) is 0 Å². The fourth-order valence-corrected chi connectivity index (χ4v) is 2.03. The number of aryl methyl sites for hydroxylation is 2. The van der Waals surface area contributed by atoms with Crippen molar-refractivity contribution in [3.05, 3.63) is 58.4 Å². The minimum absolute atomic E-state index is 0.229. The molecule has 23 heavy (non-hydrogen) atoms. The largest absolute Gasteiger partial charge is 0.482 e. The monoisotopic (exact) mass is 332 g/mol. The lowest BCUT2D eigenvalue weighted by atomic mass is 10.1. The van der Waals surface area contributed by atoms with Crippen molar-refractivity contribution in [3.8, 4) is 5.75 Å². The Morgan fingerprint density at radius 3 is 2.43 bits per heavy atom. The average Bonchev–Trinajstić information content (AvgIpc) is 2.56. The van der Waals surface area contributed by atoms with Gasteiger partial charge in [0.15, 0.2) is 6.61 Å². The van der Waals surface area contributed by atoms with Gasteiger partial charge in [0.1, 0.15) is 5.75 Å². The Morgan fingerprint density at radius 2 is 1.83 bits per heavy atom. The fraction of sp³-hybridized carbons (Fsp3) is 0.235. The molecular weight excluding hydrogens is 316 g/mol. The molecule has 0 saturated carbocycles. The number of carbonyl (C=O) groups excluding carboxylic acids is 1. The zero-order chi connectivity index (χ0) is 16.8. The summed E-state index contributed by atoms with van der Waals surface area (Å²) < 4.78 is 5.41. The first-order valence-electron chi connectivity index (χ1n) is 7.01. The lowest BCUT2D eigenvalue weighted by molar-refractivity contribution is -0.146. The summed E-state index contributed by atoms with van der Waals surface area (Å²) in [6, 6.07) is 7.10. The van der Waals surface area contributed by atoms with E-state index in [1.807, 2.05) is 13.8 Å². The Morgan fingerprint density at radius 1 is 1.22 bits per heavy atom. The van der Waals surface area contributed by atoms with Gasteiger partial charge < -0.3 is 9.57 Å². The molecule has 0 saturated heterocycles. The highest BCUT2D eigenvalue weighted by molar-refractivity contribution is 6.32. The zero-order valence-electron chi connectivity index (χ0n) is 13.2. The smallest absolute Gasteiger partial charge is 0.372 e. The Balaban J connectivity index is 1.91. The van der Waals surface area contributed by atoms with Crippen molar-refractivity contribution in [1.29, 1.82) is 0 Å². The second kappa shape index (κ2) is 7.74. The standard InChI is InChI=1S/C17H17ClN2O3/c1-11-8-15(9-12(2)17(11)18)22-10-16(21)23-20-13(3)14-4-6-19-7-5-14/h4-9H,10H2,1-3H3. The van der Waals surface area contributed by atoms with Crippen molar-refractivity contribution in [2.24, 2.45) is 5.16 Å². The Bertz CT molecular complexity index is 707. The first-order valence-corrected chi connectivity index (χ1v) is 7.39. The van der Waals surface area contributed by atoms with Crippen LogP contribution in [0.2, 0.25) is 5.02 Å². The van der Waals surface area contributed by atoms with E-state index >= 15 is 0 Å². The van der Waals surface area contributed by atoms with Gasteiger partial charge in [-0.15, -0.1) is 0 Å². The molecule has 1 aromatic carbocycles. The van der Waals surface area contributed by atoms with Gasteiger partial charge in [-0.05, 0) is 56.2 Å². The second-order valence-electron chi connectivity index (χ2n) is 5.04. The number of halogens is 1. The molecule has 2 rings (SSSR count). The maximum absolute atomic E-state index is 11.7. The molecular formula is C17H17ClN2O3. The average molecular weight is 333 g/mol. The molecule has 6 heteroatoms. The number of nitrogens with zero attached hydrogens (tertiary/aromatic N) is 2. The minimum Gasteiger partial charge on any atom is -0.482 e. The fourth-order valence-electron chi connectivity index (χ4n) is 1.92. The first-order chi connectivity index (χ1) is 11.0. The van der Waals surface area contributed by atoms with E-state index in [1.165, 1.54) is 0 Å². The van der Waals surface area contributed by atoms with Gasteiger partial charge in [-0.25, -0.2) is 4.79 Å². The van der Waals surface area contributed by atoms with Crippen LogP contribution < -0.4 is 4.74 Å². The highest BCUT2D eigenvalue weighted by atomic mass is 35.5. The normalized spacial score (nSPS) is 11.2. The molecule has 0 aliphatic rings. The summed E-state index contributed by atoms with van der Waals surface area (Å²) in [5.74, 6) is -0.0140. The van der Waals surface area contributed by atoms with Crippen LogP contribution in [0.15, 0.2) is 41.8 Å². The highest BCUT2D eigenvalue weighted by Crippen LogP contribution is 2.25. The zero-order valence-corrected chi connectivity index (χ0v) is 13.9. The Labute approximate surface area is 139 Å². The molecule has 0 atom stereocenters. The molecule has 0 spiro atoms. The van der Waals surface area contributed by atoms with Crippen molar-refractivity contribution in [1.82, 2.24) is 4.98 Å². The number of oxime groups is 1. The van der Waals surface area contributed by atoms with Crippen LogP contribution in [0, 0.1) is 13.8 Å². The number of pyridine rings is 1. The molecule has 0 amide bonds. The molecule has 2 aromatic rings. The molecule has 0 aliphatic carbocycles. The molecule has 120 valence electrons. The number of hydrogen-bond acceptors (Lipinski definition) is 5. The molecule has 5 nitrogen and oxygen atoms in total. The highest BCUT2D eigenvalue weighted by Gasteiger charge is 2.08. The number of aromatic nitrogens is 1. The summed E-state index contributed by atoms with van der Waals surface area (Å²) >= 11 is 6.09. The van der Waals surface area contributed by atoms with Crippen LogP contribution in [0.3, 0.4) is 0 Å². The van der Waals surface area contributed by atoms with E-state index in [2.05, 4.69) is 10.1 Å². The summed E-state index contributed by atoms with van der Waals surface area (Å²) in [4.78, 5) is 20.5. The first kappa shape index (κ1) is 17.0. The van der Waals surface area contributed by atoms with Crippen LogP contribution in [-0.4, -0.2) is 23.3 Å². The van der Waals surface area contributed by atoms with E-state index in [4.69, 9.17) is 21.2 Å². The molecule has 0 aliphatic heterocycles. The van der Waals surface area contributed by atoms with E-state index < -0.39 is 5.97 Å². The van der Waals surface area contributed by atoms with Gasteiger partial charge in [-0.1, -0.05) is 16.8 Å². The molecule has 1 heterocycles. The molecule has 0 unspecified atom stereocenters. The third kappa shape index (κ3) is 4.79. The van der Waals surface area contributed by atoms with Crippen LogP contribution in [0.4, 0.5) is 0 Å². The molecule has 0 bridgehead atoms. The van der Waals surface area contributed by atoms with E-state index in [9.17, 15) is 4.79 Å². The second-order valence-corrected chi connectivity index (χ2v) is 5.41. The van der Waals surface area contributed by atoms with Crippen LogP contribution >= 0.6 is 11.6 Å². The summed E-state index contributed by atoms with van der Waals surface area (Å²) in [5.41, 5.74) is 3.19. The summed E-state index contributed by atoms with van der Waals surface area (Å²) in [6.07, 6.45) is 3.29. The Kier molecular flexibility index (Phi) is 5.71. The SMILES string of the molecule is CC(=NOC(=O)COc1cc(C)c(Cl)c(C)c1)c1ccncc1. The van der Waals surface area contributed by atoms with Crippen LogP contribution in [0.5, 0.6) is 5.75 Å². The van der Waals surface area contributed by atoms with Gasteiger partial charge in [-0.3, -0.25) is 4.98 Å². The number of ether oxygens (including phenoxy) is 1. The number of carbonyl (C=O) groups is 1. The predicted octanol–water partition coefficient (Wildman–Crippen LogP) is 3.70. The van der Waals surface area contributed by atoms with E-state index in [-0.39, 0.29) is 6.61 Å². The lowest BCUT2D eigenvalue weighted by Gasteiger charge is -2.08. The van der Waals surface area contributed by atoms with Gasteiger partial charge in [0, 0.05) is 23.0 Å². The topological polar surface area (TPSA) is 60.8 Å². The maximum atomic E-state index is 11.7. The lowest BCUT2D eigenvalue weighted by Crippen LogP contribution is -2.13. The Hall–Kier alpha value is -2.40. The number of rotatable bonds is 5. The van der Waals surface area contributed by atoms with Crippen LogP contribution in [-0.2, 0) is 9.63 Å². The molecule has 0 radical (unpaired) electrons.